The summed E-state index contributed by atoms with van der Waals surface area (Å²) in [6.45, 7) is 8.55. The van der Waals surface area contributed by atoms with Crippen LogP contribution in [-0.4, -0.2) is 25.5 Å². The summed E-state index contributed by atoms with van der Waals surface area (Å²) in [5, 5.41) is 12.1. The fourth-order valence-corrected chi connectivity index (χ4v) is 2.94. The van der Waals surface area contributed by atoms with E-state index in [2.05, 4.69) is 29.4 Å². The number of carbonyl (C=O) groups is 1. The maximum Gasteiger partial charge on any atom is 0.270 e. The zero-order chi connectivity index (χ0) is 18.8. The van der Waals surface area contributed by atoms with E-state index >= 15 is 0 Å². The molecule has 3 aromatic rings. The highest BCUT2D eigenvalue weighted by atomic mass is 16.2. The van der Waals surface area contributed by atoms with Crippen LogP contribution in [0.4, 0.5) is 0 Å². The van der Waals surface area contributed by atoms with Crippen LogP contribution in [-0.2, 0) is 13.6 Å². The third kappa shape index (κ3) is 3.40. The van der Waals surface area contributed by atoms with Crippen molar-refractivity contribution in [3.63, 3.8) is 0 Å². The number of rotatable bonds is 5. The van der Waals surface area contributed by atoms with Crippen molar-refractivity contribution in [2.75, 3.05) is 0 Å². The summed E-state index contributed by atoms with van der Waals surface area (Å²) in [5.74, 6) is 0.102. The summed E-state index contributed by atoms with van der Waals surface area (Å²) in [5.41, 5.74) is 5.35. The molecule has 0 fully saturated rings. The molecular formula is C20H25N5O. The van der Waals surface area contributed by atoms with E-state index in [0.717, 1.165) is 28.3 Å². The molecule has 0 aliphatic heterocycles. The van der Waals surface area contributed by atoms with Crippen molar-refractivity contribution in [2.45, 2.75) is 40.2 Å². The summed E-state index contributed by atoms with van der Waals surface area (Å²) in [7, 11) is 1.91. The maximum absolute atomic E-state index is 12.9. The van der Waals surface area contributed by atoms with Gasteiger partial charge in [-0.3, -0.25) is 9.48 Å². The summed E-state index contributed by atoms with van der Waals surface area (Å²) < 4.78 is 3.55. The number of para-hydroxylation sites is 1. The van der Waals surface area contributed by atoms with E-state index < -0.39 is 0 Å². The Morgan fingerprint density at radius 1 is 1.15 bits per heavy atom. The van der Waals surface area contributed by atoms with Crippen LogP contribution in [0.3, 0.4) is 0 Å². The van der Waals surface area contributed by atoms with Crippen molar-refractivity contribution in [1.82, 2.24) is 24.9 Å². The van der Waals surface area contributed by atoms with E-state index in [1.165, 1.54) is 0 Å². The predicted molar refractivity (Wildman–Crippen MR) is 102 cm³/mol. The minimum atomic E-state index is -0.143. The van der Waals surface area contributed by atoms with Gasteiger partial charge >= 0.3 is 0 Å². The fourth-order valence-electron chi connectivity index (χ4n) is 2.94. The van der Waals surface area contributed by atoms with Gasteiger partial charge in [0.05, 0.1) is 17.1 Å². The summed E-state index contributed by atoms with van der Waals surface area (Å²) in [6.07, 6.45) is 0. The van der Waals surface area contributed by atoms with Crippen molar-refractivity contribution >= 4 is 5.91 Å². The highest BCUT2D eigenvalue weighted by Crippen LogP contribution is 2.19. The van der Waals surface area contributed by atoms with E-state index in [0.29, 0.717) is 12.2 Å². The van der Waals surface area contributed by atoms with Gasteiger partial charge in [-0.2, -0.15) is 10.2 Å². The molecule has 0 saturated heterocycles. The molecule has 2 heterocycles. The van der Waals surface area contributed by atoms with Crippen molar-refractivity contribution < 1.29 is 4.79 Å². The van der Waals surface area contributed by atoms with Gasteiger partial charge in [0.2, 0.25) is 0 Å². The second-order valence-electron chi connectivity index (χ2n) is 6.81. The Hall–Kier alpha value is -2.89. The molecule has 1 N–H and O–H groups in total. The van der Waals surface area contributed by atoms with Gasteiger partial charge in [-0.1, -0.05) is 32.0 Å². The molecule has 1 aromatic carbocycles. The number of amides is 1. The Labute approximate surface area is 153 Å². The molecule has 0 aliphatic carbocycles. The second-order valence-corrected chi connectivity index (χ2v) is 6.81. The van der Waals surface area contributed by atoms with E-state index in [1.807, 2.05) is 62.0 Å². The first-order chi connectivity index (χ1) is 12.4. The van der Waals surface area contributed by atoms with Crippen molar-refractivity contribution in [3.05, 3.63) is 64.7 Å². The second kappa shape index (κ2) is 7.15. The number of hydrogen-bond acceptors (Lipinski definition) is 3. The SMILES string of the molecule is Cc1nn(C)c(C)c1CNC(=O)c1cc(C(C)C)nn1-c1ccccc1. The van der Waals surface area contributed by atoms with Gasteiger partial charge in [0, 0.05) is 24.8 Å². The number of aryl methyl sites for hydroxylation is 2. The number of benzene rings is 1. The minimum Gasteiger partial charge on any atom is -0.346 e. The smallest absolute Gasteiger partial charge is 0.270 e. The summed E-state index contributed by atoms with van der Waals surface area (Å²) in [6, 6.07) is 11.6. The van der Waals surface area contributed by atoms with E-state index in [1.54, 1.807) is 4.68 Å². The molecule has 0 spiro atoms. The van der Waals surface area contributed by atoms with Gasteiger partial charge in [0.1, 0.15) is 5.69 Å². The lowest BCUT2D eigenvalue weighted by Crippen LogP contribution is -2.26. The van der Waals surface area contributed by atoms with Crippen LogP contribution >= 0.6 is 0 Å². The average molecular weight is 351 g/mol. The topological polar surface area (TPSA) is 64.7 Å². The molecule has 6 heteroatoms. The van der Waals surface area contributed by atoms with Crippen LogP contribution in [0, 0.1) is 13.8 Å². The quantitative estimate of drug-likeness (QED) is 0.767. The Morgan fingerprint density at radius 3 is 2.42 bits per heavy atom. The molecule has 0 bridgehead atoms. The fraction of sp³-hybridized carbons (Fsp3) is 0.350. The van der Waals surface area contributed by atoms with Crippen LogP contribution in [0.15, 0.2) is 36.4 Å². The summed E-state index contributed by atoms with van der Waals surface area (Å²) in [4.78, 5) is 12.9. The lowest BCUT2D eigenvalue weighted by molar-refractivity contribution is 0.0943. The van der Waals surface area contributed by atoms with Crippen LogP contribution in [0.1, 0.15) is 52.9 Å². The van der Waals surface area contributed by atoms with Crippen LogP contribution in [0.2, 0.25) is 0 Å². The molecule has 0 aliphatic rings. The summed E-state index contributed by atoms with van der Waals surface area (Å²) >= 11 is 0. The first-order valence-electron chi connectivity index (χ1n) is 8.81. The molecule has 0 radical (unpaired) electrons. The lowest BCUT2D eigenvalue weighted by atomic mass is 10.1. The zero-order valence-corrected chi connectivity index (χ0v) is 15.9. The van der Waals surface area contributed by atoms with E-state index in [4.69, 9.17) is 0 Å². The Bertz CT molecular complexity index is 921. The van der Waals surface area contributed by atoms with Crippen LogP contribution in [0.5, 0.6) is 0 Å². The molecule has 136 valence electrons. The molecular weight excluding hydrogens is 326 g/mol. The molecule has 0 atom stereocenters. The standard InChI is InChI=1S/C20H25N5O/c1-13(2)18-11-19(25(23-18)16-9-7-6-8-10-16)20(26)21-12-17-14(3)22-24(5)15(17)4/h6-11,13H,12H2,1-5H3,(H,21,26). The van der Waals surface area contributed by atoms with E-state index in [-0.39, 0.29) is 11.8 Å². The monoisotopic (exact) mass is 351 g/mol. The minimum absolute atomic E-state index is 0.143. The number of nitrogens with zero attached hydrogens (tertiary/aromatic N) is 4. The molecule has 6 nitrogen and oxygen atoms in total. The molecule has 0 unspecified atom stereocenters. The molecule has 2 aromatic heterocycles. The molecule has 1 amide bonds. The number of nitrogens with one attached hydrogen (secondary N) is 1. The van der Waals surface area contributed by atoms with Crippen molar-refractivity contribution in [3.8, 4) is 5.69 Å². The first kappa shape index (κ1) is 17.9. The normalized spacial score (nSPS) is 11.2. The highest BCUT2D eigenvalue weighted by molar-refractivity contribution is 5.93. The van der Waals surface area contributed by atoms with Crippen molar-refractivity contribution in [1.29, 1.82) is 0 Å². The Balaban J connectivity index is 1.89. The molecule has 3 rings (SSSR count). The molecule has 26 heavy (non-hydrogen) atoms. The highest BCUT2D eigenvalue weighted by Gasteiger charge is 2.19. The molecule has 0 saturated carbocycles. The van der Waals surface area contributed by atoms with Gasteiger partial charge < -0.3 is 5.32 Å². The van der Waals surface area contributed by atoms with E-state index in [9.17, 15) is 4.79 Å². The Kier molecular flexibility index (Phi) is 4.93. The number of hydrogen-bond donors (Lipinski definition) is 1. The van der Waals surface area contributed by atoms with Crippen molar-refractivity contribution in [2.24, 2.45) is 7.05 Å². The number of carbonyl (C=O) groups excluding carboxylic acids is 1. The lowest BCUT2D eigenvalue weighted by Gasteiger charge is -2.09. The Morgan fingerprint density at radius 2 is 1.85 bits per heavy atom. The third-order valence-electron chi connectivity index (χ3n) is 4.64. The van der Waals surface area contributed by atoms with Gasteiger partial charge in [0.25, 0.3) is 5.91 Å². The third-order valence-corrected chi connectivity index (χ3v) is 4.64. The van der Waals surface area contributed by atoms with Gasteiger partial charge in [0.15, 0.2) is 0 Å². The van der Waals surface area contributed by atoms with Gasteiger partial charge in [-0.25, -0.2) is 4.68 Å². The zero-order valence-electron chi connectivity index (χ0n) is 15.9. The van der Waals surface area contributed by atoms with Gasteiger partial charge in [-0.15, -0.1) is 0 Å². The number of aromatic nitrogens is 4. The van der Waals surface area contributed by atoms with Crippen LogP contribution < -0.4 is 5.32 Å². The predicted octanol–water partition coefficient (Wildman–Crippen LogP) is 3.28. The van der Waals surface area contributed by atoms with Crippen LogP contribution in [0.25, 0.3) is 5.69 Å². The largest absolute Gasteiger partial charge is 0.346 e. The van der Waals surface area contributed by atoms with Gasteiger partial charge in [-0.05, 0) is 38.0 Å². The maximum atomic E-state index is 12.9. The first-order valence-corrected chi connectivity index (χ1v) is 8.81. The average Bonchev–Trinajstić information content (AvgIpc) is 3.17.